The first-order valence-corrected chi connectivity index (χ1v) is 11.5. The number of carbonyl (C=O) groups is 1. The van der Waals surface area contributed by atoms with Crippen molar-refractivity contribution in [3.63, 3.8) is 0 Å². The van der Waals surface area contributed by atoms with Crippen LogP contribution in [0, 0.1) is 6.92 Å². The molecule has 0 aliphatic rings. The number of hydrogen-bond acceptors (Lipinski definition) is 6. The molecule has 0 spiro atoms. The van der Waals surface area contributed by atoms with Gasteiger partial charge in [0.25, 0.3) is 5.56 Å². The van der Waals surface area contributed by atoms with Gasteiger partial charge in [-0.15, -0.1) is 0 Å². The maximum atomic E-state index is 13.3. The maximum Gasteiger partial charge on any atom is 0.439 e. The largest absolute Gasteiger partial charge is 0.439 e. The van der Waals surface area contributed by atoms with E-state index in [1.165, 1.54) is 0 Å². The van der Waals surface area contributed by atoms with Gasteiger partial charge in [-0.1, -0.05) is 67.0 Å². The van der Waals surface area contributed by atoms with Crippen LogP contribution in [0.2, 0.25) is 0 Å². The fourth-order valence-corrected chi connectivity index (χ4v) is 4.08. The minimum absolute atomic E-state index is 0.133. The Morgan fingerprint density at radius 1 is 1.09 bits per heavy atom. The number of aromatic amines is 1. The molecule has 0 aliphatic heterocycles. The van der Waals surface area contributed by atoms with Gasteiger partial charge in [0.15, 0.2) is 5.82 Å². The minimum Gasteiger partial charge on any atom is -0.369 e. The molecule has 9 heteroatoms. The lowest BCUT2D eigenvalue weighted by molar-refractivity contribution is -0.117. The number of primary amides is 1. The number of unbranched alkanes of at least 4 members (excludes halogenated alkanes) is 1. The second kappa shape index (κ2) is 10.3. The van der Waals surface area contributed by atoms with Crippen molar-refractivity contribution in [2.75, 3.05) is 0 Å². The molecule has 9 nitrogen and oxygen atoms in total. The van der Waals surface area contributed by atoms with Crippen molar-refractivity contribution in [2.45, 2.75) is 46.1 Å². The van der Waals surface area contributed by atoms with Crippen LogP contribution in [0.5, 0.6) is 0 Å². The number of carbonyl (C=O) groups excluding carboxylic acids is 1. The number of rotatable bonds is 9. The number of amides is 1. The van der Waals surface area contributed by atoms with E-state index in [2.05, 4.69) is 26.6 Å². The molecular formula is C26H27N5O4. The third-order valence-corrected chi connectivity index (χ3v) is 5.88. The number of aryl methyl sites for hydroxylation is 2. The van der Waals surface area contributed by atoms with Gasteiger partial charge in [-0.25, -0.2) is 9.78 Å². The molecule has 2 aromatic carbocycles. The number of benzene rings is 2. The van der Waals surface area contributed by atoms with Crippen LogP contribution in [-0.2, 0) is 24.2 Å². The quantitative estimate of drug-likeness (QED) is 0.383. The summed E-state index contributed by atoms with van der Waals surface area (Å²) in [6, 6.07) is 15.4. The third kappa shape index (κ3) is 5.29. The molecule has 4 aromatic rings. The van der Waals surface area contributed by atoms with Gasteiger partial charge in [0, 0.05) is 23.2 Å². The monoisotopic (exact) mass is 473 g/mol. The molecule has 0 atom stereocenters. The lowest BCUT2D eigenvalue weighted by Crippen LogP contribution is -2.32. The van der Waals surface area contributed by atoms with Crippen LogP contribution in [0.25, 0.3) is 22.5 Å². The van der Waals surface area contributed by atoms with Crippen molar-refractivity contribution in [3.8, 4) is 22.5 Å². The molecule has 2 heterocycles. The molecule has 1 amide bonds. The fourth-order valence-electron chi connectivity index (χ4n) is 4.08. The van der Waals surface area contributed by atoms with Crippen LogP contribution in [0.1, 0.15) is 42.4 Å². The van der Waals surface area contributed by atoms with Gasteiger partial charge in [-0.2, -0.15) is 0 Å². The summed E-state index contributed by atoms with van der Waals surface area (Å²) in [4.78, 5) is 43.4. The highest BCUT2D eigenvalue weighted by Crippen LogP contribution is 2.29. The third-order valence-electron chi connectivity index (χ3n) is 5.88. The van der Waals surface area contributed by atoms with Crippen molar-refractivity contribution in [3.05, 3.63) is 92.1 Å². The Morgan fingerprint density at radius 3 is 2.43 bits per heavy atom. The zero-order valence-corrected chi connectivity index (χ0v) is 19.7. The predicted octanol–water partition coefficient (Wildman–Crippen LogP) is 2.98. The van der Waals surface area contributed by atoms with Crippen molar-refractivity contribution in [2.24, 2.45) is 5.73 Å². The number of H-pyrrole nitrogens is 1. The highest BCUT2D eigenvalue weighted by molar-refractivity contribution is 5.80. The topological polar surface area (TPSA) is 137 Å². The van der Waals surface area contributed by atoms with E-state index in [0.29, 0.717) is 35.9 Å². The van der Waals surface area contributed by atoms with Crippen LogP contribution in [-0.4, -0.2) is 25.6 Å². The first-order chi connectivity index (χ1) is 16.9. The Morgan fingerprint density at radius 2 is 1.80 bits per heavy atom. The Hall–Kier alpha value is -4.27. The summed E-state index contributed by atoms with van der Waals surface area (Å²) in [5.41, 5.74) is 9.48. The van der Waals surface area contributed by atoms with Gasteiger partial charge >= 0.3 is 5.76 Å². The predicted molar refractivity (Wildman–Crippen MR) is 132 cm³/mol. The summed E-state index contributed by atoms with van der Waals surface area (Å²) >= 11 is 0. The lowest BCUT2D eigenvalue weighted by Gasteiger charge is -2.16. The first kappa shape index (κ1) is 23.9. The highest BCUT2D eigenvalue weighted by atomic mass is 16.5. The normalized spacial score (nSPS) is 11.0. The number of nitrogens with two attached hydrogens (primary N) is 1. The molecule has 0 saturated carbocycles. The number of aromatic nitrogens is 4. The Labute approximate surface area is 201 Å². The zero-order chi connectivity index (χ0) is 24.9. The molecule has 0 aliphatic carbocycles. The Kier molecular flexibility index (Phi) is 7.05. The molecule has 180 valence electrons. The van der Waals surface area contributed by atoms with E-state index in [9.17, 15) is 14.4 Å². The molecule has 0 bridgehead atoms. The molecule has 0 unspecified atom stereocenters. The SMILES string of the molecule is CCCCc1nc(C)c(CC(N)=O)c(=O)n1Cc1ccc(-c2ccccc2-c2noc(=O)[nH]2)cc1. The van der Waals surface area contributed by atoms with E-state index in [1.54, 1.807) is 11.5 Å². The lowest BCUT2D eigenvalue weighted by atomic mass is 9.98. The molecule has 0 radical (unpaired) electrons. The summed E-state index contributed by atoms with van der Waals surface area (Å²) in [6.07, 6.45) is 2.42. The van der Waals surface area contributed by atoms with E-state index in [1.807, 2.05) is 48.5 Å². The fraction of sp³-hybridized carbons (Fsp3) is 0.269. The smallest absolute Gasteiger partial charge is 0.369 e. The number of nitrogens with zero attached hydrogens (tertiary/aromatic N) is 3. The molecule has 2 aromatic heterocycles. The zero-order valence-electron chi connectivity index (χ0n) is 19.7. The number of hydrogen-bond donors (Lipinski definition) is 2. The van der Waals surface area contributed by atoms with Crippen molar-refractivity contribution in [1.29, 1.82) is 0 Å². The van der Waals surface area contributed by atoms with Crippen LogP contribution in [0.3, 0.4) is 0 Å². The van der Waals surface area contributed by atoms with E-state index in [4.69, 9.17) is 5.73 Å². The van der Waals surface area contributed by atoms with Gasteiger partial charge in [0.05, 0.1) is 13.0 Å². The Bertz CT molecular complexity index is 1460. The van der Waals surface area contributed by atoms with Gasteiger partial charge in [0.1, 0.15) is 5.82 Å². The summed E-state index contributed by atoms with van der Waals surface area (Å²) < 4.78 is 6.30. The van der Waals surface area contributed by atoms with Crippen LogP contribution < -0.4 is 17.0 Å². The summed E-state index contributed by atoms with van der Waals surface area (Å²) in [5, 5.41) is 3.80. The van der Waals surface area contributed by atoms with Crippen LogP contribution >= 0.6 is 0 Å². The van der Waals surface area contributed by atoms with Crippen LogP contribution in [0.15, 0.2) is 62.6 Å². The van der Waals surface area contributed by atoms with Crippen molar-refractivity contribution >= 4 is 5.91 Å². The van der Waals surface area contributed by atoms with E-state index >= 15 is 0 Å². The number of nitrogens with one attached hydrogen (secondary N) is 1. The second-order valence-electron chi connectivity index (χ2n) is 8.42. The minimum atomic E-state index is -0.614. The standard InChI is InChI=1S/C26H27N5O4/c1-3-4-9-23-28-16(2)21(14-22(27)32)25(33)31(23)15-17-10-12-18(13-11-17)19-7-5-6-8-20(19)24-29-26(34)35-30-24/h5-8,10-13H,3-4,9,14-15H2,1-2H3,(H2,27,32)(H,29,30,34). The molecule has 3 N–H and O–H groups in total. The highest BCUT2D eigenvalue weighted by Gasteiger charge is 2.17. The molecular weight excluding hydrogens is 446 g/mol. The van der Waals surface area contributed by atoms with E-state index in [-0.39, 0.29) is 12.0 Å². The molecule has 0 saturated heterocycles. The van der Waals surface area contributed by atoms with Gasteiger partial charge in [-0.05, 0) is 30.0 Å². The molecule has 4 rings (SSSR count). The maximum absolute atomic E-state index is 13.3. The van der Waals surface area contributed by atoms with Gasteiger partial charge in [0.2, 0.25) is 5.91 Å². The summed E-state index contributed by atoms with van der Waals surface area (Å²) in [7, 11) is 0. The molecule has 35 heavy (non-hydrogen) atoms. The Balaban J connectivity index is 1.69. The van der Waals surface area contributed by atoms with Crippen molar-refractivity contribution in [1.82, 2.24) is 19.7 Å². The average Bonchev–Trinajstić information content (AvgIpc) is 3.29. The van der Waals surface area contributed by atoms with Gasteiger partial charge < -0.3 is 5.73 Å². The summed E-state index contributed by atoms with van der Waals surface area (Å²) in [6.45, 7) is 4.16. The van der Waals surface area contributed by atoms with Gasteiger partial charge in [-0.3, -0.25) is 23.7 Å². The summed E-state index contributed by atoms with van der Waals surface area (Å²) in [5.74, 6) is -0.116. The van der Waals surface area contributed by atoms with E-state index < -0.39 is 11.7 Å². The van der Waals surface area contributed by atoms with Crippen molar-refractivity contribution < 1.29 is 9.32 Å². The average molecular weight is 474 g/mol. The van der Waals surface area contributed by atoms with Crippen LogP contribution in [0.4, 0.5) is 0 Å². The van der Waals surface area contributed by atoms with E-state index in [0.717, 1.165) is 35.1 Å². The first-order valence-electron chi connectivity index (χ1n) is 11.5. The second-order valence-corrected chi connectivity index (χ2v) is 8.42. The molecule has 0 fully saturated rings.